The lowest BCUT2D eigenvalue weighted by atomic mass is 9.96. The predicted octanol–water partition coefficient (Wildman–Crippen LogP) is 1.93. The van der Waals surface area contributed by atoms with Crippen molar-refractivity contribution in [1.29, 1.82) is 0 Å². The molecule has 12 heavy (non-hydrogen) atoms. The molecule has 0 aliphatic carbocycles. The van der Waals surface area contributed by atoms with E-state index in [1.54, 1.807) is 13.0 Å². The average molecular weight is 192 g/mol. The Kier molecular flexibility index (Phi) is 4.93. The van der Waals surface area contributed by atoms with Crippen molar-refractivity contribution in [2.24, 2.45) is 0 Å². The van der Waals surface area contributed by atoms with Gasteiger partial charge in [-0.25, -0.2) is 4.84 Å². The number of carbonyl (C=O) groups is 1. The van der Waals surface area contributed by atoms with E-state index >= 15 is 0 Å². The number of hydrogen-bond acceptors (Lipinski definition) is 2. The van der Waals surface area contributed by atoms with Crippen LogP contribution in [-0.4, -0.2) is 16.6 Å². The minimum absolute atomic E-state index is 0.498. The third-order valence-corrected chi connectivity index (χ3v) is 2.18. The molecule has 0 fully saturated rings. The van der Waals surface area contributed by atoms with E-state index in [2.05, 4.69) is 11.4 Å². The van der Waals surface area contributed by atoms with Crippen LogP contribution in [0.1, 0.15) is 26.2 Å². The van der Waals surface area contributed by atoms with Gasteiger partial charge in [0, 0.05) is 0 Å². The van der Waals surface area contributed by atoms with E-state index in [-0.39, 0.29) is 0 Å². The van der Waals surface area contributed by atoms with Crippen molar-refractivity contribution in [3.63, 3.8) is 0 Å². The van der Waals surface area contributed by atoms with Gasteiger partial charge in [-0.05, 0) is 38.0 Å². The van der Waals surface area contributed by atoms with Gasteiger partial charge in [0.05, 0.1) is 0 Å². The average Bonchev–Trinajstić information content (AvgIpc) is 2.04. The van der Waals surface area contributed by atoms with Crippen LogP contribution < -0.4 is 4.84 Å². The van der Waals surface area contributed by atoms with Crippen LogP contribution in [0, 0.1) is 0 Å². The molecule has 0 spiro atoms. The fraction of sp³-hybridized carbons (Fsp3) is 0.625. The lowest BCUT2D eigenvalue weighted by molar-refractivity contribution is -0.143. The molecule has 4 heteroatoms. The lowest BCUT2D eigenvalue weighted by Gasteiger charge is -2.21. The summed E-state index contributed by atoms with van der Waals surface area (Å²) in [7, 11) is 0. The second kappa shape index (κ2) is 5.17. The molecule has 1 atom stereocenters. The summed E-state index contributed by atoms with van der Waals surface area (Å²) >= 11 is 5.33. The van der Waals surface area contributed by atoms with Crippen LogP contribution >= 0.6 is 11.8 Å². The highest BCUT2D eigenvalue weighted by molar-refractivity contribution is 6.15. The molecule has 0 saturated heterocycles. The molecule has 0 rings (SSSR count). The highest BCUT2D eigenvalue weighted by atomic mass is 35.5. The van der Waals surface area contributed by atoms with Crippen molar-refractivity contribution in [1.82, 2.24) is 4.84 Å². The van der Waals surface area contributed by atoms with Gasteiger partial charge in [0.1, 0.15) is 5.54 Å². The zero-order valence-electron chi connectivity index (χ0n) is 7.14. The predicted molar refractivity (Wildman–Crippen MR) is 49.1 cm³/mol. The maximum absolute atomic E-state index is 10.7. The quantitative estimate of drug-likeness (QED) is 0.383. The Bertz CT molecular complexity index is 172. The molecule has 0 aliphatic rings. The van der Waals surface area contributed by atoms with Crippen molar-refractivity contribution in [3.8, 4) is 0 Å². The summed E-state index contributed by atoms with van der Waals surface area (Å²) in [6, 6.07) is 0. The molecule has 0 amide bonds. The molecule has 0 aromatic carbocycles. The fourth-order valence-corrected chi connectivity index (χ4v) is 0.970. The molecule has 0 aromatic heterocycles. The molecule has 3 nitrogen and oxygen atoms in total. The Morgan fingerprint density at radius 3 is 2.75 bits per heavy atom. The molecule has 0 aromatic rings. The minimum Gasteiger partial charge on any atom is -0.480 e. The third-order valence-electron chi connectivity index (χ3n) is 1.77. The molecule has 1 unspecified atom stereocenters. The van der Waals surface area contributed by atoms with E-state index in [0.717, 1.165) is 12.8 Å². The number of halogens is 1. The van der Waals surface area contributed by atoms with Crippen LogP contribution in [-0.2, 0) is 4.79 Å². The first kappa shape index (κ1) is 11.5. The van der Waals surface area contributed by atoms with Gasteiger partial charge in [-0.3, -0.25) is 4.79 Å². The summed E-state index contributed by atoms with van der Waals surface area (Å²) in [6.07, 6.45) is 3.84. The number of carboxylic acids is 1. The molecule has 0 aliphatic heterocycles. The summed E-state index contributed by atoms with van der Waals surface area (Å²) in [5, 5.41) is 8.76. The number of allylic oxidation sites excluding steroid dienone is 1. The lowest BCUT2D eigenvalue weighted by Crippen LogP contribution is -2.44. The highest BCUT2D eigenvalue weighted by Gasteiger charge is 2.31. The van der Waals surface area contributed by atoms with Crippen LogP contribution in [0.5, 0.6) is 0 Å². The van der Waals surface area contributed by atoms with E-state index in [1.165, 1.54) is 0 Å². The Morgan fingerprint density at radius 2 is 2.42 bits per heavy atom. The first-order chi connectivity index (χ1) is 5.56. The van der Waals surface area contributed by atoms with Crippen LogP contribution in [0.2, 0.25) is 0 Å². The van der Waals surface area contributed by atoms with Gasteiger partial charge in [0.2, 0.25) is 0 Å². The monoisotopic (exact) mass is 191 g/mol. The number of rotatable bonds is 6. The fourth-order valence-electron chi connectivity index (χ4n) is 0.795. The van der Waals surface area contributed by atoms with Crippen LogP contribution in [0.15, 0.2) is 12.7 Å². The maximum atomic E-state index is 10.7. The first-order valence-corrected chi connectivity index (χ1v) is 4.16. The number of aliphatic carboxylic acids is 1. The SMILES string of the molecule is C=CCCCC(C)(NCl)C(=O)O. The molecule has 0 saturated carbocycles. The van der Waals surface area contributed by atoms with Crippen molar-refractivity contribution in [2.75, 3.05) is 0 Å². The smallest absolute Gasteiger partial charge is 0.324 e. The number of unbranched alkanes of at least 4 members (excludes halogenated alkanes) is 1. The molecule has 0 bridgehead atoms. The van der Waals surface area contributed by atoms with E-state index in [9.17, 15) is 4.79 Å². The Hall–Kier alpha value is -0.540. The number of nitrogens with one attached hydrogen (secondary N) is 1. The maximum Gasteiger partial charge on any atom is 0.324 e. The topological polar surface area (TPSA) is 49.3 Å². The normalized spacial score (nSPS) is 15.2. The van der Waals surface area contributed by atoms with Crippen molar-refractivity contribution < 1.29 is 9.90 Å². The van der Waals surface area contributed by atoms with E-state index in [0.29, 0.717) is 6.42 Å². The zero-order valence-corrected chi connectivity index (χ0v) is 7.90. The Labute approximate surface area is 77.5 Å². The standard InChI is InChI=1S/C8H14ClNO2/c1-3-4-5-6-8(2,10-9)7(11)12/h3,10H,1,4-6H2,2H3,(H,11,12). The van der Waals surface area contributed by atoms with Gasteiger partial charge in [-0.15, -0.1) is 6.58 Å². The molecular formula is C8H14ClNO2. The molecule has 0 heterocycles. The summed E-state index contributed by atoms with van der Waals surface area (Å²) < 4.78 is 0. The Balaban J connectivity index is 3.96. The van der Waals surface area contributed by atoms with Crippen molar-refractivity contribution in [3.05, 3.63) is 12.7 Å². The minimum atomic E-state index is -1.02. The van der Waals surface area contributed by atoms with Gasteiger partial charge in [-0.2, -0.15) is 0 Å². The largest absolute Gasteiger partial charge is 0.480 e. The third kappa shape index (κ3) is 3.24. The van der Waals surface area contributed by atoms with Gasteiger partial charge >= 0.3 is 5.97 Å². The van der Waals surface area contributed by atoms with E-state index < -0.39 is 11.5 Å². The Morgan fingerprint density at radius 1 is 1.83 bits per heavy atom. The molecule has 70 valence electrons. The van der Waals surface area contributed by atoms with E-state index in [1.807, 2.05) is 0 Å². The van der Waals surface area contributed by atoms with Gasteiger partial charge in [-0.1, -0.05) is 6.08 Å². The summed E-state index contributed by atoms with van der Waals surface area (Å²) in [5.74, 6) is -0.929. The van der Waals surface area contributed by atoms with Gasteiger partial charge < -0.3 is 5.11 Å². The zero-order chi connectivity index (χ0) is 9.61. The van der Waals surface area contributed by atoms with E-state index in [4.69, 9.17) is 16.9 Å². The second-order valence-corrected chi connectivity index (χ2v) is 3.10. The second-order valence-electron chi connectivity index (χ2n) is 2.91. The summed E-state index contributed by atoms with van der Waals surface area (Å²) in [4.78, 5) is 12.9. The van der Waals surface area contributed by atoms with Crippen LogP contribution in [0.25, 0.3) is 0 Å². The van der Waals surface area contributed by atoms with Gasteiger partial charge in [0.15, 0.2) is 0 Å². The van der Waals surface area contributed by atoms with Gasteiger partial charge in [0.25, 0.3) is 0 Å². The van der Waals surface area contributed by atoms with Crippen LogP contribution in [0.4, 0.5) is 0 Å². The summed E-state index contributed by atoms with van der Waals surface area (Å²) in [6.45, 7) is 5.11. The van der Waals surface area contributed by atoms with Crippen molar-refractivity contribution >= 4 is 17.7 Å². The number of hydrogen-bond donors (Lipinski definition) is 2. The highest BCUT2D eigenvalue weighted by Crippen LogP contribution is 2.14. The molecule has 0 radical (unpaired) electrons. The van der Waals surface area contributed by atoms with Crippen LogP contribution in [0.3, 0.4) is 0 Å². The summed E-state index contributed by atoms with van der Waals surface area (Å²) in [5.41, 5.74) is -1.02. The molecule has 2 N–H and O–H groups in total. The molecular weight excluding hydrogens is 178 g/mol. The van der Waals surface area contributed by atoms with Crippen molar-refractivity contribution in [2.45, 2.75) is 31.7 Å². The number of carboxylic acid groups (broad SMARTS) is 1. The first-order valence-electron chi connectivity index (χ1n) is 3.79.